The SMILES string of the molecule is Cc1cnc(-n2ncc(C(=O)O)c2C)nc1-c1cccs1. The summed E-state index contributed by atoms with van der Waals surface area (Å²) in [6.45, 7) is 3.63. The molecule has 0 amide bonds. The first-order valence-corrected chi connectivity index (χ1v) is 7.11. The Hall–Kier alpha value is -2.54. The van der Waals surface area contributed by atoms with Crippen LogP contribution in [0.15, 0.2) is 29.9 Å². The Balaban J connectivity index is 2.12. The summed E-state index contributed by atoms with van der Waals surface area (Å²) < 4.78 is 1.44. The Bertz CT molecular complexity index is 809. The van der Waals surface area contributed by atoms with Gasteiger partial charge in [0.15, 0.2) is 0 Å². The molecule has 0 aliphatic heterocycles. The van der Waals surface area contributed by atoms with Crippen molar-refractivity contribution in [2.75, 3.05) is 0 Å². The van der Waals surface area contributed by atoms with E-state index in [2.05, 4.69) is 15.1 Å². The number of hydrogen-bond donors (Lipinski definition) is 1. The zero-order valence-electron chi connectivity index (χ0n) is 11.4. The van der Waals surface area contributed by atoms with Gasteiger partial charge in [-0.2, -0.15) is 5.10 Å². The van der Waals surface area contributed by atoms with Crippen LogP contribution in [-0.4, -0.2) is 30.8 Å². The van der Waals surface area contributed by atoms with Gasteiger partial charge < -0.3 is 5.11 Å². The molecule has 0 aromatic carbocycles. The number of rotatable bonds is 3. The number of nitrogens with zero attached hydrogens (tertiary/aromatic N) is 4. The average Bonchev–Trinajstić information content (AvgIpc) is 3.09. The maximum atomic E-state index is 11.1. The Morgan fingerprint density at radius 3 is 2.76 bits per heavy atom. The summed E-state index contributed by atoms with van der Waals surface area (Å²) in [5, 5.41) is 15.1. The highest BCUT2D eigenvalue weighted by Crippen LogP contribution is 2.26. The molecule has 6 nitrogen and oxygen atoms in total. The third-order valence-electron chi connectivity index (χ3n) is 3.14. The largest absolute Gasteiger partial charge is 0.478 e. The minimum absolute atomic E-state index is 0.150. The molecule has 0 saturated carbocycles. The summed E-state index contributed by atoms with van der Waals surface area (Å²) in [5.74, 6) is -0.640. The summed E-state index contributed by atoms with van der Waals surface area (Å²) in [4.78, 5) is 20.9. The van der Waals surface area contributed by atoms with E-state index >= 15 is 0 Å². The van der Waals surface area contributed by atoms with Gasteiger partial charge in [0.1, 0.15) is 5.56 Å². The summed E-state index contributed by atoms with van der Waals surface area (Å²) in [7, 11) is 0. The van der Waals surface area contributed by atoms with Crippen molar-refractivity contribution < 1.29 is 9.90 Å². The lowest BCUT2D eigenvalue weighted by atomic mass is 10.2. The van der Waals surface area contributed by atoms with Gasteiger partial charge in [-0.05, 0) is 30.9 Å². The van der Waals surface area contributed by atoms with Crippen LogP contribution >= 0.6 is 11.3 Å². The molecule has 0 atom stereocenters. The predicted octanol–water partition coefficient (Wildman–Crippen LogP) is 2.71. The van der Waals surface area contributed by atoms with E-state index in [1.54, 1.807) is 24.5 Å². The molecule has 0 saturated heterocycles. The first kappa shape index (κ1) is 13.4. The van der Waals surface area contributed by atoms with Crippen LogP contribution in [0.3, 0.4) is 0 Å². The number of carbonyl (C=O) groups is 1. The van der Waals surface area contributed by atoms with Gasteiger partial charge in [0.05, 0.1) is 22.5 Å². The molecule has 3 aromatic rings. The second-order valence-corrected chi connectivity index (χ2v) is 5.49. The lowest BCUT2D eigenvalue weighted by Crippen LogP contribution is -2.07. The molecule has 0 unspecified atom stereocenters. The predicted molar refractivity (Wildman–Crippen MR) is 78.9 cm³/mol. The van der Waals surface area contributed by atoms with Gasteiger partial charge in [-0.25, -0.2) is 19.4 Å². The number of hydrogen-bond acceptors (Lipinski definition) is 5. The van der Waals surface area contributed by atoms with Gasteiger partial charge in [-0.15, -0.1) is 11.3 Å². The normalized spacial score (nSPS) is 10.8. The van der Waals surface area contributed by atoms with E-state index in [1.807, 2.05) is 24.4 Å². The van der Waals surface area contributed by atoms with E-state index in [1.165, 1.54) is 10.9 Å². The summed E-state index contributed by atoms with van der Waals surface area (Å²) in [6.07, 6.45) is 3.03. The van der Waals surface area contributed by atoms with Crippen molar-refractivity contribution in [2.24, 2.45) is 0 Å². The topological polar surface area (TPSA) is 80.9 Å². The molecule has 3 heterocycles. The Morgan fingerprint density at radius 1 is 1.33 bits per heavy atom. The number of thiophene rings is 1. The first-order valence-electron chi connectivity index (χ1n) is 6.23. The molecule has 0 aliphatic rings. The Morgan fingerprint density at radius 2 is 2.14 bits per heavy atom. The van der Waals surface area contributed by atoms with E-state index in [4.69, 9.17) is 5.11 Å². The van der Waals surface area contributed by atoms with E-state index in [0.717, 1.165) is 16.1 Å². The number of aromatic nitrogens is 4. The third-order valence-corrected chi connectivity index (χ3v) is 4.02. The van der Waals surface area contributed by atoms with Gasteiger partial charge in [0.25, 0.3) is 5.95 Å². The van der Waals surface area contributed by atoms with Crippen LogP contribution in [0, 0.1) is 13.8 Å². The molecule has 3 rings (SSSR count). The highest BCUT2D eigenvalue weighted by molar-refractivity contribution is 7.13. The molecule has 0 fully saturated rings. The summed E-state index contributed by atoms with van der Waals surface area (Å²) in [6, 6.07) is 3.95. The molecule has 0 spiro atoms. The second-order valence-electron chi connectivity index (χ2n) is 4.54. The van der Waals surface area contributed by atoms with Crippen molar-refractivity contribution in [3.63, 3.8) is 0 Å². The van der Waals surface area contributed by atoms with Crippen LogP contribution in [0.5, 0.6) is 0 Å². The van der Waals surface area contributed by atoms with E-state index in [9.17, 15) is 4.79 Å². The number of aromatic carboxylic acids is 1. The van der Waals surface area contributed by atoms with Gasteiger partial charge in [0, 0.05) is 6.20 Å². The van der Waals surface area contributed by atoms with Crippen LogP contribution < -0.4 is 0 Å². The molecular weight excluding hydrogens is 288 g/mol. The number of carboxylic acid groups (broad SMARTS) is 1. The fourth-order valence-electron chi connectivity index (χ4n) is 2.02. The van der Waals surface area contributed by atoms with Gasteiger partial charge in [-0.3, -0.25) is 0 Å². The Labute approximate surface area is 124 Å². The third kappa shape index (κ3) is 2.31. The monoisotopic (exact) mass is 300 g/mol. The summed E-state index contributed by atoms with van der Waals surface area (Å²) >= 11 is 1.59. The van der Waals surface area contributed by atoms with E-state index in [0.29, 0.717) is 11.6 Å². The standard InChI is InChI=1S/C14H12N4O2S/c1-8-6-15-14(17-12(8)11-4-3-5-21-11)18-9(2)10(7-16-18)13(19)20/h3-7H,1-2H3,(H,19,20). The summed E-state index contributed by atoms with van der Waals surface area (Å²) in [5.41, 5.74) is 2.45. The smallest absolute Gasteiger partial charge is 0.339 e. The van der Waals surface area contributed by atoms with Crippen molar-refractivity contribution in [1.29, 1.82) is 0 Å². The van der Waals surface area contributed by atoms with Crippen LogP contribution in [0.25, 0.3) is 16.5 Å². The lowest BCUT2D eigenvalue weighted by molar-refractivity contribution is 0.0696. The van der Waals surface area contributed by atoms with Gasteiger partial charge in [-0.1, -0.05) is 6.07 Å². The van der Waals surface area contributed by atoms with Crippen LogP contribution in [0.4, 0.5) is 0 Å². The van der Waals surface area contributed by atoms with Crippen molar-refractivity contribution in [3.05, 3.63) is 46.7 Å². The maximum Gasteiger partial charge on any atom is 0.339 e. The van der Waals surface area contributed by atoms with Crippen molar-refractivity contribution in [1.82, 2.24) is 19.7 Å². The minimum Gasteiger partial charge on any atom is -0.478 e. The van der Waals surface area contributed by atoms with Crippen LogP contribution in [0.2, 0.25) is 0 Å². The van der Waals surface area contributed by atoms with E-state index in [-0.39, 0.29) is 5.56 Å². The zero-order valence-corrected chi connectivity index (χ0v) is 12.3. The average molecular weight is 300 g/mol. The number of aryl methyl sites for hydroxylation is 1. The van der Waals surface area contributed by atoms with Crippen molar-refractivity contribution >= 4 is 17.3 Å². The Kier molecular flexibility index (Phi) is 3.26. The molecule has 7 heteroatoms. The van der Waals surface area contributed by atoms with Crippen molar-refractivity contribution in [3.8, 4) is 16.5 Å². The molecule has 0 radical (unpaired) electrons. The number of carboxylic acids is 1. The molecule has 0 bridgehead atoms. The second kappa shape index (κ2) is 5.10. The van der Waals surface area contributed by atoms with Crippen LogP contribution in [-0.2, 0) is 0 Å². The zero-order chi connectivity index (χ0) is 15.0. The molecule has 0 aliphatic carbocycles. The molecule has 106 valence electrons. The molecule has 21 heavy (non-hydrogen) atoms. The highest BCUT2D eigenvalue weighted by Gasteiger charge is 2.16. The molecule has 1 N–H and O–H groups in total. The van der Waals surface area contributed by atoms with Crippen LogP contribution in [0.1, 0.15) is 21.6 Å². The van der Waals surface area contributed by atoms with Gasteiger partial charge in [0.2, 0.25) is 0 Å². The quantitative estimate of drug-likeness (QED) is 0.804. The van der Waals surface area contributed by atoms with E-state index < -0.39 is 5.97 Å². The van der Waals surface area contributed by atoms with Gasteiger partial charge >= 0.3 is 5.97 Å². The fourth-order valence-corrected chi connectivity index (χ4v) is 2.80. The minimum atomic E-state index is -1.01. The van der Waals surface area contributed by atoms with Crippen molar-refractivity contribution in [2.45, 2.75) is 13.8 Å². The first-order chi connectivity index (χ1) is 10.1. The molecule has 3 aromatic heterocycles. The lowest BCUT2D eigenvalue weighted by Gasteiger charge is -2.07. The highest BCUT2D eigenvalue weighted by atomic mass is 32.1. The molecular formula is C14H12N4O2S. The fraction of sp³-hybridized carbons (Fsp3) is 0.143. The maximum absolute atomic E-state index is 11.1.